The van der Waals surface area contributed by atoms with Crippen molar-refractivity contribution in [3.8, 4) is 0 Å². The summed E-state index contributed by atoms with van der Waals surface area (Å²) >= 11 is 12.3. The zero-order valence-electron chi connectivity index (χ0n) is 16.1. The van der Waals surface area contributed by atoms with Gasteiger partial charge in [0.1, 0.15) is 11.2 Å². The molecule has 4 rings (SSSR count). The van der Waals surface area contributed by atoms with Crippen LogP contribution in [-0.4, -0.2) is 20.9 Å². The number of H-pyrrole nitrogens is 1. The second-order valence-electron chi connectivity index (χ2n) is 6.73. The largest absolute Gasteiger partial charge is 0.416 e. The first kappa shape index (κ1) is 21.9. The van der Waals surface area contributed by atoms with E-state index in [1.807, 2.05) is 0 Å². The fourth-order valence-corrected chi connectivity index (χ4v) is 3.54. The maximum Gasteiger partial charge on any atom is 0.416 e. The van der Waals surface area contributed by atoms with Crippen LogP contribution in [0.2, 0.25) is 10.0 Å². The molecular weight excluding hydrogens is 466 g/mol. The Kier molecular flexibility index (Phi) is 5.94. The monoisotopic (exact) mass is 479 g/mol. The first-order valence-electron chi connectivity index (χ1n) is 9.22. The van der Waals surface area contributed by atoms with Gasteiger partial charge in [-0.25, -0.2) is 9.97 Å². The number of hydrogen-bond donors (Lipinski definition) is 3. The highest BCUT2D eigenvalue weighted by molar-refractivity contribution is 6.39. The third kappa shape index (κ3) is 4.63. The minimum Gasteiger partial charge on any atom is -0.347 e. The van der Waals surface area contributed by atoms with Gasteiger partial charge in [0.15, 0.2) is 0 Å². The van der Waals surface area contributed by atoms with E-state index in [0.29, 0.717) is 32.7 Å². The highest BCUT2D eigenvalue weighted by Gasteiger charge is 2.32. The Morgan fingerprint density at radius 2 is 1.78 bits per heavy atom. The quantitative estimate of drug-likeness (QED) is 0.330. The van der Waals surface area contributed by atoms with Crippen molar-refractivity contribution in [1.82, 2.24) is 20.3 Å². The van der Waals surface area contributed by atoms with Gasteiger partial charge in [-0.2, -0.15) is 13.2 Å². The Bertz CT molecular complexity index is 1290. The lowest BCUT2D eigenvalue weighted by atomic mass is 10.1. The lowest BCUT2D eigenvalue weighted by Crippen LogP contribution is -2.25. The van der Waals surface area contributed by atoms with Crippen molar-refractivity contribution in [2.24, 2.45) is 0 Å². The van der Waals surface area contributed by atoms with Gasteiger partial charge in [-0.05, 0) is 29.8 Å². The number of para-hydroxylation sites is 1. The fraction of sp³-hybridized carbons (Fsp3) is 0.0952. The highest BCUT2D eigenvalue weighted by Crippen LogP contribution is 2.33. The summed E-state index contributed by atoms with van der Waals surface area (Å²) in [7, 11) is 0. The van der Waals surface area contributed by atoms with Gasteiger partial charge in [0.25, 0.3) is 5.91 Å². The standard InChI is InChI=1S/C21H14Cl2F3N5O/c22-13-6-3-7-14(23)18(13)31-20-29-15-8-16(27-10-17(15)30-20)19(32)28-9-11-4-1-2-5-12(11)21(24,25)26/h1-8,10H,9H2,(H,28,32)(H2,29,30,31). The number of halogens is 5. The van der Waals surface area contributed by atoms with Crippen molar-refractivity contribution in [2.45, 2.75) is 12.7 Å². The molecule has 3 N–H and O–H groups in total. The SMILES string of the molecule is O=C(NCc1ccccc1C(F)(F)F)c1cc2[nH]c(Nc3c(Cl)cccc3Cl)nc2cn1. The van der Waals surface area contributed by atoms with Crippen LogP contribution in [0.1, 0.15) is 21.6 Å². The zero-order chi connectivity index (χ0) is 22.9. The second kappa shape index (κ2) is 8.68. The summed E-state index contributed by atoms with van der Waals surface area (Å²) in [5.74, 6) is -0.296. The first-order chi connectivity index (χ1) is 15.2. The van der Waals surface area contributed by atoms with Crippen LogP contribution in [0.15, 0.2) is 54.7 Å². The van der Waals surface area contributed by atoms with Crippen LogP contribution < -0.4 is 10.6 Å². The zero-order valence-corrected chi connectivity index (χ0v) is 17.6. The molecule has 0 radical (unpaired) electrons. The van der Waals surface area contributed by atoms with Crippen LogP contribution in [0, 0.1) is 0 Å². The number of nitrogens with zero attached hydrogens (tertiary/aromatic N) is 2. The van der Waals surface area contributed by atoms with E-state index in [0.717, 1.165) is 6.07 Å². The van der Waals surface area contributed by atoms with E-state index in [4.69, 9.17) is 23.2 Å². The number of aromatic nitrogens is 3. The average molecular weight is 480 g/mol. The minimum absolute atomic E-state index is 0.0213. The molecule has 2 aromatic heterocycles. The Hall–Kier alpha value is -3.30. The number of nitrogens with one attached hydrogen (secondary N) is 3. The number of rotatable bonds is 5. The van der Waals surface area contributed by atoms with Gasteiger partial charge in [-0.3, -0.25) is 4.79 Å². The second-order valence-corrected chi connectivity index (χ2v) is 7.55. The van der Waals surface area contributed by atoms with Gasteiger partial charge in [0.05, 0.1) is 33.0 Å². The molecule has 0 saturated heterocycles. The number of carbonyl (C=O) groups excluding carboxylic acids is 1. The van der Waals surface area contributed by atoms with Crippen molar-refractivity contribution >= 4 is 51.8 Å². The molecule has 0 saturated carbocycles. The summed E-state index contributed by atoms with van der Waals surface area (Å²) < 4.78 is 39.4. The van der Waals surface area contributed by atoms with Gasteiger partial charge in [0.2, 0.25) is 5.95 Å². The van der Waals surface area contributed by atoms with Crippen LogP contribution in [-0.2, 0) is 12.7 Å². The molecule has 0 bridgehead atoms. The predicted molar refractivity (Wildman–Crippen MR) is 116 cm³/mol. The average Bonchev–Trinajstić information content (AvgIpc) is 3.16. The van der Waals surface area contributed by atoms with Crippen LogP contribution in [0.3, 0.4) is 0 Å². The molecule has 164 valence electrons. The van der Waals surface area contributed by atoms with Crippen LogP contribution in [0.5, 0.6) is 0 Å². The van der Waals surface area contributed by atoms with Gasteiger partial charge in [-0.15, -0.1) is 0 Å². The smallest absolute Gasteiger partial charge is 0.347 e. The third-order valence-corrected chi connectivity index (χ3v) is 5.20. The maximum absolute atomic E-state index is 13.1. The number of aromatic amines is 1. The van der Waals surface area contributed by atoms with Gasteiger partial charge < -0.3 is 15.6 Å². The van der Waals surface area contributed by atoms with E-state index in [-0.39, 0.29) is 17.8 Å². The number of alkyl halides is 3. The number of hydrogen-bond acceptors (Lipinski definition) is 4. The van der Waals surface area contributed by atoms with E-state index >= 15 is 0 Å². The topological polar surface area (TPSA) is 82.7 Å². The number of benzene rings is 2. The molecule has 0 aliphatic heterocycles. The molecular formula is C21H14Cl2F3N5O. The predicted octanol–water partition coefficient (Wildman–Crippen LogP) is 5.96. The first-order valence-corrected chi connectivity index (χ1v) is 9.98. The van der Waals surface area contributed by atoms with E-state index in [1.165, 1.54) is 30.5 Å². The van der Waals surface area contributed by atoms with E-state index in [1.54, 1.807) is 18.2 Å². The molecule has 1 amide bonds. The molecule has 0 aliphatic carbocycles. The third-order valence-electron chi connectivity index (χ3n) is 4.57. The molecule has 2 aromatic carbocycles. The van der Waals surface area contributed by atoms with Crippen LogP contribution in [0.25, 0.3) is 11.0 Å². The molecule has 0 unspecified atom stereocenters. The minimum atomic E-state index is -4.51. The van der Waals surface area contributed by atoms with Crippen molar-refractivity contribution in [2.75, 3.05) is 5.32 Å². The molecule has 0 fully saturated rings. The van der Waals surface area contributed by atoms with E-state index < -0.39 is 17.6 Å². The normalized spacial score (nSPS) is 11.5. The number of pyridine rings is 1. The van der Waals surface area contributed by atoms with Gasteiger partial charge in [-0.1, -0.05) is 47.5 Å². The van der Waals surface area contributed by atoms with Crippen molar-refractivity contribution in [1.29, 1.82) is 0 Å². The lowest BCUT2D eigenvalue weighted by molar-refractivity contribution is -0.138. The van der Waals surface area contributed by atoms with Crippen molar-refractivity contribution < 1.29 is 18.0 Å². The van der Waals surface area contributed by atoms with Gasteiger partial charge >= 0.3 is 6.18 Å². The summed E-state index contributed by atoms with van der Waals surface area (Å²) in [5.41, 5.74) is 0.601. The summed E-state index contributed by atoms with van der Waals surface area (Å²) in [5, 5.41) is 6.24. The maximum atomic E-state index is 13.1. The Morgan fingerprint density at radius 1 is 1.06 bits per heavy atom. The van der Waals surface area contributed by atoms with Crippen LogP contribution in [0.4, 0.5) is 24.8 Å². The molecule has 11 heteroatoms. The number of carbonyl (C=O) groups is 1. The molecule has 0 spiro atoms. The summed E-state index contributed by atoms with van der Waals surface area (Å²) in [4.78, 5) is 23.8. The van der Waals surface area contributed by atoms with Crippen molar-refractivity contribution in [3.05, 3.63) is 81.6 Å². The summed E-state index contributed by atoms with van der Waals surface area (Å²) in [6.07, 6.45) is -3.13. The molecule has 32 heavy (non-hydrogen) atoms. The highest BCUT2D eigenvalue weighted by atomic mass is 35.5. The molecule has 6 nitrogen and oxygen atoms in total. The molecule has 0 aliphatic rings. The summed E-state index contributed by atoms with van der Waals surface area (Å²) in [6.45, 7) is -0.297. The molecule has 2 heterocycles. The van der Waals surface area contributed by atoms with Crippen LogP contribution >= 0.6 is 23.2 Å². The Labute approximate surface area is 189 Å². The van der Waals surface area contributed by atoms with E-state index in [2.05, 4.69) is 25.6 Å². The van der Waals surface area contributed by atoms with Gasteiger partial charge in [0, 0.05) is 6.54 Å². The Morgan fingerprint density at radius 3 is 2.50 bits per heavy atom. The fourth-order valence-electron chi connectivity index (χ4n) is 3.05. The lowest BCUT2D eigenvalue weighted by Gasteiger charge is -2.13. The number of anilines is 2. The number of imidazole rings is 1. The Balaban J connectivity index is 1.51. The number of amides is 1. The van der Waals surface area contributed by atoms with E-state index in [9.17, 15) is 18.0 Å². The van der Waals surface area contributed by atoms with Crippen molar-refractivity contribution in [3.63, 3.8) is 0 Å². The molecule has 4 aromatic rings. The number of fused-ring (bicyclic) bond motifs is 1. The molecule has 0 atom stereocenters. The summed E-state index contributed by atoms with van der Waals surface area (Å²) in [6, 6.07) is 11.5.